The van der Waals surface area contributed by atoms with E-state index in [0.717, 1.165) is 11.0 Å². The third-order valence-electron chi connectivity index (χ3n) is 4.38. The molecule has 0 fully saturated rings. The maximum absolute atomic E-state index is 12.3. The number of para-hydroxylation sites is 1. The number of aromatic nitrogens is 1. The third-order valence-corrected chi connectivity index (χ3v) is 5.34. The molecule has 7 heteroatoms. The quantitative estimate of drug-likeness (QED) is 0.630. The largest absolute Gasteiger partial charge is 0.457 e. The van der Waals surface area contributed by atoms with Crippen LogP contribution in [0.15, 0.2) is 77.6 Å². The Morgan fingerprint density at radius 1 is 1.14 bits per heavy atom. The number of sulfonamides is 1. The van der Waals surface area contributed by atoms with Crippen LogP contribution >= 0.6 is 0 Å². The van der Waals surface area contributed by atoms with Gasteiger partial charge in [0.15, 0.2) is 0 Å². The molecular weight excluding hydrogens is 388 g/mol. The van der Waals surface area contributed by atoms with E-state index in [-0.39, 0.29) is 5.56 Å². The van der Waals surface area contributed by atoms with Crippen molar-refractivity contribution in [3.63, 3.8) is 0 Å². The molecule has 0 spiro atoms. The number of aryl methyl sites for hydroxylation is 2. The zero-order valence-corrected chi connectivity index (χ0v) is 17.1. The molecule has 3 aromatic rings. The Morgan fingerprint density at radius 2 is 1.86 bits per heavy atom. The van der Waals surface area contributed by atoms with Gasteiger partial charge in [-0.25, -0.2) is 8.42 Å². The van der Waals surface area contributed by atoms with Gasteiger partial charge in [-0.1, -0.05) is 31.7 Å². The van der Waals surface area contributed by atoms with Crippen LogP contribution in [0.1, 0.15) is 12.5 Å². The van der Waals surface area contributed by atoms with Gasteiger partial charge in [-0.05, 0) is 42.8 Å². The summed E-state index contributed by atoms with van der Waals surface area (Å²) in [7, 11) is -1.97. The van der Waals surface area contributed by atoms with E-state index in [0.29, 0.717) is 34.7 Å². The van der Waals surface area contributed by atoms with Gasteiger partial charge in [0.05, 0.1) is 0 Å². The highest BCUT2D eigenvalue weighted by Crippen LogP contribution is 2.36. The van der Waals surface area contributed by atoms with E-state index in [9.17, 15) is 13.2 Å². The molecule has 0 aliphatic carbocycles. The summed E-state index contributed by atoms with van der Waals surface area (Å²) in [5.41, 5.74) is 2.36. The first-order valence-electron chi connectivity index (χ1n) is 9.05. The van der Waals surface area contributed by atoms with Gasteiger partial charge in [0.1, 0.15) is 11.5 Å². The fourth-order valence-electron chi connectivity index (χ4n) is 2.91. The van der Waals surface area contributed by atoms with Crippen LogP contribution in [0.25, 0.3) is 11.1 Å². The monoisotopic (exact) mass is 410 g/mol. The van der Waals surface area contributed by atoms with E-state index in [1.54, 1.807) is 37.5 Å². The summed E-state index contributed by atoms with van der Waals surface area (Å²) in [6.07, 6.45) is 2.29. The van der Waals surface area contributed by atoms with Crippen LogP contribution in [0.3, 0.4) is 0 Å². The van der Waals surface area contributed by atoms with Crippen LogP contribution in [0.2, 0.25) is 0 Å². The first-order valence-corrected chi connectivity index (χ1v) is 10.6. The number of nitrogens with zero attached hydrogens (tertiary/aromatic N) is 1. The number of pyridine rings is 1. The Kier molecular flexibility index (Phi) is 5.89. The van der Waals surface area contributed by atoms with Gasteiger partial charge in [0.25, 0.3) is 15.6 Å². The Labute approximate surface area is 170 Å². The molecule has 0 aliphatic heterocycles. The minimum Gasteiger partial charge on any atom is -0.457 e. The summed E-state index contributed by atoms with van der Waals surface area (Å²) in [6, 6.07) is 16.1. The second-order valence-corrected chi connectivity index (χ2v) is 8.09. The molecule has 0 saturated carbocycles. The number of ether oxygens (including phenoxy) is 1. The summed E-state index contributed by atoms with van der Waals surface area (Å²) in [4.78, 5) is 12.3. The summed E-state index contributed by atoms with van der Waals surface area (Å²) in [5.74, 6) is 1.19. The van der Waals surface area contributed by atoms with Crippen molar-refractivity contribution in [3.05, 3.63) is 88.7 Å². The fraction of sp³-hybridized carbons (Fsp3) is 0.136. The molecule has 1 heterocycles. The third kappa shape index (κ3) is 4.75. The summed E-state index contributed by atoms with van der Waals surface area (Å²) >= 11 is 0. The molecule has 0 aliphatic rings. The smallest absolute Gasteiger partial charge is 0.254 e. The van der Waals surface area contributed by atoms with Gasteiger partial charge in [-0.15, -0.1) is 0 Å². The molecule has 0 atom stereocenters. The van der Waals surface area contributed by atoms with E-state index in [1.165, 1.54) is 4.57 Å². The van der Waals surface area contributed by atoms with Gasteiger partial charge < -0.3 is 9.30 Å². The topological polar surface area (TPSA) is 77.4 Å². The molecule has 0 saturated heterocycles. The van der Waals surface area contributed by atoms with Crippen LogP contribution in [0.4, 0.5) is 5.69 Å². The van der Waals surface area contributed by atoms with E-state index in [4.69, 9.17) is 4.74 Å². The summed E-state index contributed by atoms with van der Waals surface area (Å²) in [5, 5.41) is 0.850. The van der Waals surface area contributed by atoms with Crippen molar-refractivity contribution < 1.29 is 13.2 Å². The Bertz CT molecular complexity index is 1200. The van der Waals surface area contributed by atoms with E-state index >= 15 is 0 Å². The van der Waals surface area contributed by atoms with Crippen LogP contribution < -0.4 is 15.0 Å². The average molecular weight is 410 g/mol. The molecule has 0 bridgehead atoms. The maximum Gasteiger partial charge on any atom is 0.254 e. The summed E-state index contributed by atoms with van der Waals surface area (Å²) < 4.78 is 33.8. The Morgan fingerprint density at radius 3 is 2.52 bits per heavy atom. The molecule has 1 N–H and O–H groups in total. The number of rotatable bonds is 7. The first-order chi connectivity index (χ1) is 13.8. The molecule has 150 valence electrons. The van der Waals surface area contributed by atoms with Crippen LogP contribution in [-0.4, -0.2) is 13.0 Å². The van der Waals surface area contributed by atoms with Gasteiger partial charge in [0, 0.05) is 41.0 Å². The van der Waals surface area contributed by atoms with Gasteiger partial charge >= 0.3 is 0 Å². The maximum atomic E-state index is 12.3. The second kappa shape index (κ2) is 8.36. The number of hydrogen-bond acceptors (Lipinski definition) is 4. The minimum absolute atomic E-state index is 0.0645. The van der Waals surface area contributed by atoms with E-state index in [1.807, 2.05) is 37.3 Å². The molecule has 0 amide bonds. The Balaban J connectivity index is 2.16. The molecule has 1 aromatic heterocycles. The number of nitrogens with one attached hydrogen (secondary N) is 1. The van der Waals surface area contributed by atoms with Gasteiger partial charge in [-0.2, -0.15) is 0 Å². The highest BCUT2D eigenvalue weighted by molar-refractivity contribution is 7.95. The minimum atomic E-state index is -3.65. The van der Waals surface area contributed by atoms with E-state index < -0.39 is 10.0 Å². The van der Waals surface area contributed by atoms with Crippen LogP contribution in [-0.2, 0) is 23.5 Å². The number of hydrogen-bond donors (Lipinski definition) is 1. The number of anilines is 1. The predicted molar refractivity (Wildman–Crippen MR) is 116 cm³/mol. The lowest BCUT2D eigenvalue weighted by Gasteiger charge is -2.15. The predicted octanol–water partition coefficient (Wildman–Crippen LogP) is 4.29. The normalized spacial score (nSPS) is 11.1. The summed E-state index contributed by atoms with van der Waals surface area (Å²) in [6.45, 7) is 5.23. The lowest BCUT2D eigenvalue weighted by molar-refractivity contribution is 0.484. The molecule has 0 unspecified atom stereocenters. The lowest BCUT2D eigenvalue weighted by Crippen LogP contribution is -2.20. The SMILES string of the molecule is C=CS(=O)(=O)Nc1ccc(Oc2ccccc2)c(-c2cc(CC)c(=O)n(C)c2)c1. The molecule has 2 aromatic carbocycles. The second-order valence-electron chi connectivity index (χ2n) is 6.46. The molecule has 29 heavy (non-hydrogen) atoms. The van der Waals surface area contributed by atoms with Crippen molar-refractivity contribution in [1.29, 1.82) is 0 Å². The highest BCUT2D eigenvalue weighted by atomic mass is 32.2. The van der Waals surface area contributed by atoms with Crippen molar-refractivity contribution in [1.82, 2.24) is 4.57 Å². The highest BCUT2D eigenvalue weighted by Gasteiger charge is 2.14. The molecular formula is C22H22N2O4S. The molecule has 3 rings (SSSR count). The first kappa shape index (κ1) is 20.4. The van der Waals surface area contributed by atoms with Crippen molar-refractivity contribution in [2.24, 2.45) is 7.05 Å². The van der Waals surface area contributed by atoms with Crippen molar-refractivity contribution in [2.45, 2.75) is 13.3 Å². The zero-order valence-electron chi connectivity index (χ0n) is 16.3. The molecule has 0 radical (unpaired) electrons. The van der Waals surface area contributed by atoms with Crippen molar-refractivity contribution >= 4 is 15.7 Å². The average Bonchev–Trinajstić information content (AvgIpc) is 2.71. The van der Waals surface area contributed by atoms with Gasteiger partial charge in [0.2, 0.25) is 0 Å². The van der Waals surface area contributed by atoms with E-state index in [2.05, 4.69) is 11.3 Å². The zero-order chi connectivity index (χ0) is 21.0. The van der Waals surface area contributed by atoms with Gasteiger partial charge in [-0.3, -0.25) is 9.52 Å². The molecule has 6 nitrogen and oxygen atoms in total. The van der Waals surface area contributed by atoms with Crippen molar-refractivity contribution in [2.75, 3.05) is 4.72 Å². The fourth-order valence-corrected chi connectivity index (χ4v) is 3.45. The lowest BCUT2D eigenvalue weighted by atomic mass is 10.0. The number of benzene rings is 2. The van der Waals surface area contributed by atoms with Crippen LogP contribution in [0.5, 0.6) is 11.5 Å². The standard InChI is InChI=1S/C22H22N2O4S/c1-4-16-13-17(15-24(3)22(16)25)20-14-18(23-29(26,27)5-2)11-12-21(20)28-19-9-7-6-8-10-19/h5-15,23H,2,4H2,1,3H3. The van der Waals surface area contributed by atoms with Crippen molar-refractivity contribution in [3.8, 4) is 22.6 Å². The van der Waals surface area contributed by atoms with Crippen LogP contribution in [0, 0.1) is 0 Å². The Hall–Kier alpha value is -3.32.